The minimum Gasteiger partial charge on any atom is -0.384 e. The number of nitrogens with one attached hydrogen (secondary N) is 1. The molecule has 1 fully saturated rings. The topological polar surface area (TPSA) is 85.8 Å². The van der Waals surface area contributed by atoms with Crippen LogP contribution >= 0.6 is 0 Å². The van der Waals surface area contributed by atoms with E-state index < -0.39 is 0 Å². The molecule has 1 amide bonds. The van der Waals surface area contributed by atoms with Gasteiger partial charge in [0, 0.05) is 6.04 Å². The molecule has 0 bridgehead atoms. The molecule has 4 aromatic rings. The molecular weight excluding hydrogens is 338 g/mol. The Hall–Kier alpha value is -3.41. The monoisotopic (exact) mass is 357 g/mol. The van der Waals surface area contributed by atoms with Gasteiger partial charge in [0.05, 0.1) is 17.6 Å². The molecular formula is C21H19N5O. The van der Waals surface area contributed by atoms with Crippen LogP contribution in [0.5, 0.6) is 0 Å². The van der Waals surface area contributed by atoms with Crippen molar-refractivity contribution < 1.29 is 4.79 Å². The van der Waals surface area contributed by atoms with E-state index in [-0.39, 0.29) is 11.9 Å². The molecule has 0 saturated heterocycles. The third-order valence-electron chi connectivity index (χ3n) is 4.91. The predicted octanol–water partition coefficient (Wildman–Crippen LogP) is 3.11. The first kappa shape index (κ1) is 15.8. The van der Waals surface area contributed by atoms with Crippen LogP contribution in [0.2, 0.25) is 0 Å². The Balaban J connectivity index is 1.73. The molecule has 1 aliphatic rings. The van der Waals surface area contributed by atoms with Gasteiger partial charge >= 0.3 is 0 Å². The average Bonchev–Trinajstić information content (AvgIpc) is 3.46. The molecule has 0 radical (unpaired) electrons. The van der Waals surface area contributed by atoms with Crippen molar-refractivity contribution in [3.8, 4) is 0 Å². The number of fused-ring (bicyclic) bond motifs is 2. The smallest absolute Gasteiger partial charge is 0.257 e. The molecule has 0 spiro atoms. The van der Waals surface area contributed by atoms with E-state index in [0.29, 0.717) is 29.1 Å². The van der Waals surface area contributed by atoms with E-state index in [1.54, 1.807) is 0 Å². The Morgan fingerprint density at radius 1 is 1.04 bits per heavy atom. The molecule has 1 aliphatic carbocycles. The molecule has 2 heterocycles. The van der Waals surface area contributed by atoms with Gasteiger partial charge in [0.15, 0.2) is 5.65 Å². The number of hydrogen-bond donors (Lipinski definition) is 2. The summed E-state index contributed by atoms with van der Waals surface area (Å²) in [6.45, 7) is 0.535. The average molecular weight is 357 g/mol. The Morgan fingerprint density at radius 3 is 2.41 bits per heavy atom. The van der Waals surface area contributed by atoms with Gasteiger partial charge in [-0.15, -0.1) is 0 Å². The lowest BCUT2D eigenvalue weighted by Gasteiger charge is -2.08. The first-order valence-corrected chi connectivity index (χ1v) is 9.10. The van der Waals surface area contributed by atoms with Crippen LogP contribution in [-0.2, 0) is 6.54 Å². The lowest BCUT2D eigenvalue weighted by atomic mass is 10.2. The zero-order chi connectivity index (χ0) is 18.4. The maximum Gasteiger partial charge on any atom is 0.257 e. The SMILES string of the molecule is Nc1c(C(=O)NC2CC2)c2nc3ccccc3nc2n1Cc1ccccc1. The summed E-state index contributed by atoms with van der Waals surface area (Å²) in [6.07, 6.45) is 2.03. The van der Waals surface area contributed by atoms with Gasteiger partial charge in [0.25, 0.3) is 5.91 Å². The largest absolute Gasteiger partial charge is 0.384 e. The van der Waals surface area contributed by atoms with Gasteiger partial charge in [-0.3, -0.25) is 4.79 Å². The van der Waals surface area contributed by atoms with E-state index in [2.05, 4.69) is 5.32 Å². The zero-order valence-electron chi connectivity index (χ0n) is 14.7. The maximum absolute atomic E-state index is 12.9. The van der Waals surface area contributed by atoms with E-state index >= 15 is 0 Å². The van der Waals surface area contributed by atoms with Gasteiger partial charge in [-0.2, -0.15) is 0 Å². The highest BCUT2D eigenvalue weighted by molar-refractivity contribution is 6.10. The summed E-state index contributed by atoms with van der Waals surface area (Å²) in [5.74, 6) is 0.235. The van der Waals surface area contributed by atoms with Crippen molar-refractivity contribution in [2.45, 2.75) is 25.4 Å². The fraction of sp³-hybridized carbons (Fsp3) is 0.190. The molecule has 27 heavy (non-hydrogen) atoms. The van der Waals surface area contributed by atoms with Crippen molar-refractivity contribution in [2.24, 2.45) is 0 Å². The Kier molecular flexibility index (Phi) is 3.57. The quantitative estimate of drug-likeness (QED) is 0.588. The predicted molar refractivity (Wildman–Crippen MR) is 105 cm³/mol. The molecule has 2 aromatic carbocycles. The number of nitrogen functional groups attached to an aromatic ring is 1. The Labute approximate surface area is 156 Å². The third-order valence-corrected chi connectivity index (χ3v) is 4.91. The van der Waals surface area contributed by atoms with E-state index in [1.807, 2.05) is 59.2 Å². The van der Waals surface area contributed by atoms with Crippen molar-refractivity contribution in [1.82, 2.24) is 19.9 Å². The molecule has 6 nitrogen and oxygen atoms in total. The lowest BCUT2D eigenvalue weighted by Crippen LogP contribution is -2.26. The van der Waals surface area contributed by atoms with Gasteiger partial charge < -0.3 is 15.6 Å². The number of aromatic nitrogens is 3. The van der Waals surface area contributed by atoms with Gasteiger partial charge in [0.2, 0.25) is 0 Å². The van der Waals surface area contributed by atoms with Crippen LogP contribution in [0.25, 0.3) is 22.2 Å². The number of nitrogens with zero attached hydrogens (tertiary/aromatic N) is 3. The minimum atomic E-state index is -0.170. The van der Waals surface area contributed by atoms with Crippen LogP contribution in [0.3, 0.4) is 0 Å². The zero-order valence-corrected chi connectivity index (χ0v) is 14.7. The Morgan fingerprint density at radius 2 is 1.70 bits per heavy atom. The summed E-state index contributed by atoms with van der Waals surface area (Å²) in [7, 11) is 0. The minimum absolute atomic E-state index is 0.170. The van der Waals surface area contributed by atoms with Crippen LogP contribution in [0, 0.1) is 0 Å². The van der Waals surface area contributed by atoms with Gasteiger partial charge in [-0.05, 0) is 30.5 Å². The van der Waals surface area contributed by atoms with E-state index in [9.17, 15) is 4.79 Å². The summed E-state index contributed by atoms with van der Waals surface area (Å²) >= 11 is 0. The highest BCUT2D eigenvalue weighted by Gasteiger charge is 2.29. The maximum atomic E-state index is 12.9. The molecule has 5 rings (SSSR count). The number of rotatable bonds is 4. The van der Waals surface area contributed by atoms with Crippen LogP contribution < -0.4 is 11.1 Å². The van der Waals surface area contributed by atoms with Gasteiger partial charge in [-0.25, -0.2) is 9.97 Å². The van der Waals surface area contributed by atoms with Crippen molar-refractivity contribution >= 4 is 33.9 Å². The van der Waals surface area contributed by atoms with E-state index in [1.165, 1.54) is 0 Å². The van der Waals surface area contributed by atoms with Gasteiger partial charge in [0.1, 0.15) is 16.9 Å². The van der Waals surface area contributed by atoms with E-state index in [4.69, 9.17) is 15.7 Å². The summed E-state index contributed by atoms with van der Waals surface area (Å²) in [5, 5.41) is 3.03. The first-order valence-electron chi connectivity index (χ1n) is 9.10. The summed E-state index contributed by atoms with van der Waals surface area (Å²) in [6, 6.07) is 17.9. The highest BCUT2D eigenvalue weighted by atomic mass is 16.1. The molecule has 3 N–H and O–H groups in total. The third kappa shape index (κ3) is 2.79. The molecule has 134 valence electrons. The van der Waals surface area contributed by atoms with Crippen LogP contribution in [-0.4, -0.2) is 26.5 Å². The molecule has 0 atom stereocenters. The summed E-state index contributed by atoms with van der Waals surface area (Å²) in [4.78, 5) is 22.4. The molecule has 0 unspecified atom stereocenters. The van der Waals surface area contributed by atoms with Crippen LogP contribution in [0.4, 0.5) is 5.82 Å². The number of anilines is 1. The second-order valence-electron chi connectivity index (χ2n) is 6.96. The first-order chi connectivity index (χ1) is 13.2. The van der Waals surface area contributed by atoms with Crippen molar-refractivity contribution in [1.29, 1.82) is 0 Å². The highest BCUT2D eigenvalue weighted by Crippen LogP contribution is 2.30. The van der Waals surface area contributed by atoms with Crippen molar-refractivity contribution in [3.63, 3.8) is 0 Å². The summed E-state index contributed by atoms with van der Waals surface area (Å²) < 4.78 is 1.88. The Bertz CT molecular complexity index is 1160. The summed E-state index contributed by atoms with van der Waals surface area (Å²) in [5.41, 5.74) is 10.7. The number of carbonyl (C=O) groups is 1. The number of benzene rings is 2. The second kappa shape index (κ2) is 6.09. The van der Waals surface area contributed by atoms with Crippen LogP contribution in [0.1, 0.15) is 28.8 Å². The number of amides is 1. The normalized spacial score (nSPS) is 13.9. The number of para-hydroxylation sites is 2. The second-order valence-corrected chi connectivity index (χ2v) is 6.96. The standard InChI is InChI=1S/C21H19N5O/c22-19-17(21(27)23-14-10-11-14)18-20(25-16-9-5-4-8-15(16)24-18)26(19)12-13-6-2-1-3-7-13/h1-9,14H,10-12,22H2,(H,23,27). The van der Waals surface area contributed by atoms with Gasteiger partial charge in [-0.1, -0.05) is 42.5 Å². The molecule has 1 saturated carbocycles. The van der Waals surface area contributed by atoms with Crippen LogP contribution in [0.15, 0.2) is 54.6 Å². The lowest BCUT2D eigenvalue weighted by molar-refractivity contribution is 0.0953. The number of hydrogen-bond acceptors (Lipinski definition) is 4. The van der Waals surface area contributed by atoms with Crippen molar-refractivity contribution in [3.05, 3.63) is 65.7 Å². The van der Waals surface area contributed by atoms with E-state index in [0.717, 1.165) is 29.4 Å². The number of carbonyl (C=O) groups excluding carboxylic acids is 1. The number of nitrogens with two attached hydrogens (primary N) is 1. The fourth-order valence-corrected chi connectivity index (χ4v) is 3.35. The fourth-order valence-electron chi connectivity index (χ4n) is 3.35. The molecule has 6 heteroatoms. The molecule has 2 aromatic heterocycles. The van der Waals surface area contributed by atoms with Crippen molar-refractivity contribution in [2.75, 3.05) is 5.73 Å². The molecule has 0 aliphatic heterocycles.